The van der Waals surface area contributed by atoms with E-state index in [-0.39, 0.29) is 34.4 Å². The zero-order chi connectivity index (χ0) is 32.0. The molecule has 222 valence electrons. The number of hydrogen-bond donors (Lipinski definition) is 2. The van der Waals surface area contributed by atoms with E-state index in [1.54, 1.807) is 0 Å². The Kier molecular flexibility index (Phi) is 8.55. The zero-order valence-electron chi connectivity index (χ0n) is 20.6. The van der Waals surface area contributed by atoms with Gasteiger partial charge in [0, 0.05) is 22.3 Å². The number of nitrogens with two attached hydrogens (primary N) is 1. The molecule has 2 amide bonds. The Hall–Kier alpha value is -3.96. The van der Waals surface area contributed by atoms with E-state index in [9.17, 15) is 54.4 Å². The third-order valence-corrected chi connectivity index (χ3v) is 6.75. The Bertz CT molecular complexity index is 1610. The number of halogens is 11. The Balaban J connectivity index is 2.09. The maximum Gasteiger partial charge on any atom is 0.457 e. The molecule has 0 bridgehead atoms. The molecule has 3 rings (SSSR count). The summed E-state index contributed by atoms with van der Waals surface area (Å²) in [6.45, 7) is 1.53. The fourth-order valence-corrected chi connectivity index (χ4v) is 4.58. The second-order valence-corrected chi connectivity index (χ2v) is 9.53. The van der Waals surface area contributed by atoms with Crippen molar-refractivity contribution in [1.82, 2.24) is 0 Å². The molecular weight excluding hydrogens is 628 g/mol. The monoisotopic (exact) mass is 641 g/mol. The number of amides is 2. The summed E-state index contributed by atoms with van der Waals surface area (Å²) in [5.41, 5.74) is -3.17. The second kappa shape index (κ2) is 11.0. The first kappa shape index (κ1) is 32.6. The average Bonchev–Trinajstić information content (AvgIpc) is 2.88. The molecule has 42 heavy (non-hydrogen) atoms. The topological polar surface area (TPSA) is 96.0 Å². The van der Waals surface area contributed by atoms with Gasteiger partial charge in [0.1, 0.15) is 0 Å². The molecule has 3 N–H and O–H groups in total. The first-order valence-electron chi connectivity index (χ1n) is 11.1. The minimum absolute atomic E-state index is 0.0497. The van der Waals surface area contributed by atoms with Gasteiger partial charge in [0.2, 0.25) is 5.91 Å². The highest BCUT2D eigenvalue weighted by molar-refractivity contribution is 6.40. The van der Waals surface area contributed by atoms with Gasteiger partial charge in [0.15, 0.2) is 0 Å². The largest absolute Gasteiger partial charge is 0.457 e. The lowest BCUT2D eigenvalue weighted by molar-refractivity contribution is -0.389. The highest BCUT2D eigenvalue weighted by atomic mass is 35.5. The van der Waals surface area contributed by atoms with Crippen molar-refractivity contribution in [2.45, 2.75) is 30.9 Å². The predicted octanol–water partition coefficient (Wildman–Crippen LogP) is 8.12. The van der Waals surface area contributed by atoms with Crippen LogP contribution >= 0.6 is 23.2 Å². The van der Waals surface area contributed by atoms with Gasteiger partial charge in [-0.1, -0.05) is 35.3 Å². The molecule has 1 atom stereocenters. The van der Waals surface area contributed by atoms with Crippen molar-refractivity contribution >= 4 is 40.7 Å². The molecule has 0 heterocycles. The van der Waals surface area contributed by atoms with Crippen LogP contribution in [-0.4, -0.2) is 30.1 Å². The lowest BCUT2D eigenvalue weighted by Gasteiger charge is -2.36. The molecule has 1 unspecified atom stereocenters. The maximum absolute atomic E-state index is 14.9. The van der Waals surface area contributed by atoms with E-state index in [0.29, 0.717) is 11.1 Å². The molecule has 0 saturated heterocycles. The van der Waals surface area contributed by atoms with Crippen LogP contribution in [0.3, 0.4) is 0 Å². The Morgan fingerprint density at radius 3 is 1.90 bits per heavy atom. The number of benzene rings is 3. The number of rotatable bonds is 6. The Labute approximate surface area is 240 Å². The molecular formula is C26H14Cl2F9N3O2. The minimum atomic E-state index is -6.97. The van der Waals surface area contributed by atoms with E-state index >= 15 is 0 Å². The summed E-state index contributed by atoms with van der Waals surface area (Å²) in [5, 5.41) is 9.39. The summed E-state index contributed by atoms with van der Waals surface area (Å²) in [5.74, 6) is -8.81. The Morgan fingerprint density at radius 2 is 1.43 bits per heavy atom. The van der Waals surface area contributed by atoms with E-state index in [1.165, 1.54) is 37.3 Å². The fraction of sp³-hybridized carbons (Fsp3) is 0.192. The number of nitrogens with zero attached hydrogens (tertiary/aromatic N) is 1. The SMILES string of the molecule is Cc1c(C(N)=O)cccc1-c1cc(C(=O)Nc2c(Cl)cc(C(F)(C(F)(F)F)C(F)(F)C(F)(F)F)cc2Cl)ccc1C#N. The molecule has 0 aromatic heterocycles. The molecule has 0 saturated carbocycles. The van der Waals surface area contributed by atoms with Gasteiger partial charge in [0.25, 0.3) is 5.91 Å². The van der Waals surface area contributed by atoms with Crippen molar-refractivity contribution in [3.8, 4) is 17.2 Å². The summed E-state index contributed by atoms with van der Waals surface area (Å²) >= 11 is 11.6. The standard InChI is InChI=1S/C26H14Cl2F9N3O2/c1-11-15(3-2-4-16(11)21(39)41)17-7-12(5-6-13(17)10-38)22(42)40-20-18(27)8-14(9-19(20)28)23(29,25(32,33)34)24(30,31)26(35,36)37/h2-9H,1H3,(H2,39,41)(H,40,42). The van der Waals surface area contributed by atoms with Gasteiger partial charge in [-0.25, -0.2) is 4.39 Å². The van der Waals surface area contributed by atoms with Gasteiger partial charge >= 0.3 is 23.9 Å². The first-order chi connectivity index (χ1) is 19.2. The van der Waals surface area contributed by atoms with Crippen molar-refractivity contribution in [2.24, 2.45) is 5.73 Å². The molecule has 0 aliphatic rings. The second-order valence-electron chi connectivity index (χ2n) is 8.71. The molecule has 16 heteroatoms. The van der Waals surface area contributed by atoms with Crippen LogP contribution < -0.4 is 11.1 Å². The van der Waals surface area contributed by atoms with Gasteiger partial charge in [-0.15, -0.1) is 0 Å². The number of nitrogens with one attached hydrogen (secondary N) is 1. The summed E-state index contributed by atoms with van der Waals surface area (Å²) in [7, 11) is 0. The fourth-order valence-electron chi connectivity index (χ4n) is 4.00. The molecule has 3 aromatic rings. The first-order valence-corrected chi connectivity index (χ1v) is 11.9. The third kappa shape index (κ3) is 5.46. The molecule has 0 aliphatic carbocycles. The van der Waals surface area contributed by atoms with Gasteiger partial charge in [-0.05, 0) is 54.4 Å². The number of anilines is 1. The van der Waals surface area contributed by atoms with E-state index < -0.39 is 57.1 Å². The molecule has 5 nitrogen and oxygen atoms in total. The van der Waals surface area contributed by atoms with Crippen LogP contribution in [0.2, 0.25) is 10.0 Å². The van der Waals surface area contributed by atoms with Crippen LogP contribution in [0, 0.1) is 18.3 Å². The number of primary amides is 1. The number of carbonyl (C=O) groups excluding carboxylic acids is 2. The van der Waals surface area contributed by atoms with Crippen molar-refractivity contribution in [3.05, 3.63) is 86.4 Å². The number of alkyl halides is 9. The van der Waals surface area contributed by atoms with Crippen molar-refractivity contribution in [3.63, 3.8) is 0 Å². The molecule has 0 fully saturated rings. The number of nitriles is 1. The van der Waals surface area contributed by atoms with Crippen LogP contribution in [0.15, 0.2) is 48.5 Å². The number of hydrogen-bond acceptors (Lipinski definition) is 3. The molecule has 0 spiro atoms. The van der Waals surface area contributed by atoms with Gasteiger partial charge < -0.3 is 11.1 Å². The normalized spacial score (nSPS) is 13.7. The molecule has 0 aliphatic heterocycles. The maximum atomic E-state index is 14.9. The lowest BCUT2D eigenvalue weighted by atomic mass is 9.87. The summed E-state index contributed by atoms with van der Waals surface area (Å²) < 4.78 is 121. The van der Waals surface area contributed by atoms with E-state index in [1.807, 2.05) is 6.07 Å². The van der Waals surface area contributed by atoms with E-state index in [2.05, 4.69) is 5.32 Å². The van der Waals surface area contributed by atoms with Crippen molar-refractivity contribution in [2.75, 3.05) is 5.32 Å². The summed E-state index contributed by atoms with van der Waals surface area (Å²) in [4.78, 5) is 24.7. The summed E-state index contributed by atoms with van der Waals surface area (Å²) in [6.07, 6.45) is -13.8. The number of carbonyl (C=O) groups is 2. The summed E-state index contributed by atoms with van der Waals surface area (Å²) in [6, 6.07) is 9.52. The highest BCUT2D eigenvalue weighted by Gasteiger charge is 2.81. The van der Waals surface area contributed by atoms with Crippen LogP contribution in [0.5, 0.6) is 0 Å². The smallest absolute Gasteiger partial charge is 0.366 e. The third-order valence-electron chi connectivity index (χ3n) is 6.15. The van der Waals surface area contributed by atoms with Crippen LogP contribution in [0.1, 0.15) is 37.4 Å². The van der Waals surface area contributed by atoms with Crippen LogP contribution in [0.4, 0.5) is 45.2 Å². The van der Waals surface area contributed by atoms with E-state index in [0.717, 1.165) is 6.07 Å². The predicted molar refractivity (Wildman–Crippen MR) is 134 cm³/mol. The molecule has 3 aromatic carbocycles. The molecule has 0 radical (unpaired) electrons. The van der Waals surface area contributed by atoms with Crippen LogP contribution in [0.25, 0.3) is 11.1 Å². The van der Waals surface area contributed by atoms with Crippen molar-refractivity contribution in [1.29, 1.82) is 5.26 Å². The Morgan fingerprint density at radius 1 is 0.857 bits per heavy atom. The van der Waals surface area contributed by atoms with Gasteiger partial charge in [-0.3, -0.25) is 9.59 Å². The average molecular weight is 642 g/mol. The van der Waals surface area contributed by atoms with Gasteiger partial charge in [-0.2, -0.15) is 40.4 Å². The highest BCUT2D eigenvalue weighted by Crippen LogP contribution is 2.59. The zero-order valence-corrected chi connectivity index (χ0v) is 22.1. The minimum Gasteiger partial charge on any atom is -0.366 e. The van der Waals surface area contributed by atoms with Gasteiger partial charge in [0.05, 0.1) is 27.4 Å². The van der Waals surface area contributed by atoms with Crippen LogP contribution in [-0.2, 0) is 5.67 Å². The quantitative estimate of drug-likeness (QED) is 0.266. The lowest BCUT2D eigenvalue weighted by Crippen LogP contribution is -2.59. The van der Waals surface area contributed by atoms with Crippen molar-refractivity contribution < 1.29 is 49.1 Å². The van der Waals surface area contributed by atoms with E-state index in [4.69, 9.17) is 28.9 Å².